The highest BCUT2D eigenvalue weighted by atomic mass is 16.5. The van der Waals surface area contributed by atoms with Crippen molar-refractivity contribution in [1.82, 2.24) is 4.90 Å². The average molecular weight is 251 g/mol. The maximum Gasteiger partial charge on any atom is 0.309 e. The Hall–Kier alpha value is -1.29. The number of carbonyl (C=O) groups is 1. The van der Waals surface area contributed by atoms with Gasteiger partial charge in [-0.15, -0.1) is 0 Å². The van der Waals surface area contributed by atoms with Crippen LogP contribution in [0.4, 0.5) is 0 Å². The second kappa shape index (κ2) is 6.05. The van der Waals surface area contributed by atoms with Crippen LogP contribution in [0.25, 0.3) is 0 Å². The summed E-state index contributed by atoms with van der Waals surface area (Å²) in [5.41, 5.74) is 0. The molecule has 0 aliphatic carbocycles. The van der Waals surface area contributed by atoms with Gasteiger partial charge in [0.15, 0.2) is 0 Å². The van der Waals surface area contributed by atoms with Crippen LogP contribution >= 0.6 is 0 Å². The Bertz CT molecular complexity index is 391. The lowest BCUT2D eigenvalue weighted by Gasteiger charge is -2.30. The fraction of sp³-hybridized carbons (Fsp3) is 0.643. The van der Waals surface area contributed by atoms with Crippen LogP contribution in [0.15, 0.2) is 16.5 Å². The largest absolute Gasteiger partial charge is 0.466 e. The van der Waals surface area contributed by atoms with E-state index in [4.69, 9.17) is 9.15 Å². The highest BCUT2D eigenvalue weighted by Crippen LogP contribution is 2.20. The quantitative estimate of drug-likeness (QED) is 0.770. The molecule has 0 spiro atoms. The molecule has 0 radical (unpaired) electrons. The Kier molecular flexibility index (Phi) is 4.42. The van der Waals surface area contributed by atoms with Crippen molar-refractivity contribution in [3.63, 3.8) is 0 Å². The molecule has 1 aliphatic rings. The minimum atomic E-state index is -0.0361. The monoisotopic (exact) mass is 251 g/mol. The van der Waals surface area contributed by atoms with E-state index in [-0.39, 0.29) is 11.9 Å². The Morgan fingerprint density at radius 1 is 1.44 bits per heavy atom. The van der Waals surface area contributed by atoms with Gasteiger partial charge in [-0.1, -0.05) is 0 Å². The predicted octanol–water partition coefficient (Wildman–Crippen LogP) is 2.36. The van der Waals surface area contributed by atoms with Crippen LogP contribution in [0.2, 0.25) is 0 Å². The van der Waals surface area contributed by atoms with Crippen molar-refractivity contribution in [2.24, 2.45) is 5.92 Å². The summed E-state index contributed by atoms with van der Waals surface area (Å²) in [5.74, 6) is 2.00. The Balaban J connectivity index is 1.78. The van der Waals surface area contributed by atoms with E-state index < -0.39 is 0 Å². The predicted molar refractivity (Wildman–Crippen MR) is 68.1 cm³/mol. The zero-order chi connectivity index (χ0) is 13.0. The zero-order valence-electron chi connectivity index (χ0n) is 11.1. The molecule has 1 saturated heterocycles. The second-order valence-corrected chi connectivity index (χ2v) is 4.81. The molecule has 0 aromatic carbocycles. The molecule has 0 unspecified atom stereocenters. The highest BCUT2D eigenvalue weighted by molar-refractivity contribution is 5.72. The lowest BCUT2D eigenvalue weighted by molar-refractivity contribution is -0.149. The van der Waals surface area contributed by atoms with Crippen LogP contribution < -0.4 is 0 Å². The minimum Gasteiger partial charge on any atom is -0.466 e. The number of aryl methyl sites for hydroxylation is 1. The first-order valence-corrected chi connectivity index (χ1v) is 6.63. The van der Waals surface area contributed by atoms with E-state index in [0.29, 0.717) is 6.61 Å². The van der Waals surface area contributed by atoms with E-state index in [1.807, 2.05) is 26.0 Å². The van der Waals surface area contributed by atoms with Crippen LogP contribution in [0.1, 0.15) is 31.3 Å². The van der Waals surface area contributed by atoms with Crippen molar-refractivity contribution in [1.29, 1.82) is 0 Å². The summed E-state index contributed by atoms with van der Waals surface area (Å²) < 4.78 is 10.6. The zero-order valence-corrected chi connectivity index (χ0v) is 11.1. The van der Waals surface area contributed by atoms with Gasteiger partial charge in [0.05, 0.1) is 19.1 Å². The fourth-order valence-corrected chi connectivity index (χ4v) is 2.38. The Morgan fingerprint density at radius 2 is 2.17 bits per heavy atom. The Labute approximate surface area is 108 Å². The number of likely N-dealkylation sites (tertiary alicyclic amines) is 1. The normalized spacial score (nSPS) is 17.9. The van der Waals surface area contributed by atoms with Crippen LogP contribution in [0.5, 0.6) is 0 Å². The summed E-state index contributed by atoms with van der Waals surface area (Å²) in [4.78, 5) is 13.9. The standard InChI is InChI=1S/C14H21NO3/c1-3-17-14(16)12-6-8-15(9-7-12)10-13-5-4-11(2)18-13/h4-5,12H,3,6-10H2,1-2H3. The van der Waals surface area contributed by atoms with Gasteiger partial charge in [0.2, 0.25) is 0 Å². The third-order valence-electron chi connectivity index (χ3n) is 3.38. The first-order chi connectivity index (χ1) is 8.69. The maximum atomic E-state index is 11.6. The number of nitrogens with zero attached hydrogens (tertiary/aromatic N) is 1. The van der Waals surface area contributed by atoms with Gasteiger partial charge >= 0.3 is 5.97 Å². The number of rotatable bonds is 4. The molecule has 100 valence electrons. The van der Waals surface area contributed by atoms with E-state index in [1.165, 1.54) is 0 Å². The van der Waals surface area contributed by atoms with Gasteiger partial charge in [-0.2, -0.15) is 0 Å². The number of hydrogen-bond donors (Lipinski definition) is 0. The van der Waals surface area contributed by atoms with Crippen LogP contribution in [0, 0.1) is 12.8 Å². The SMILES string of the molecule is CCOC(=O)C1CCN(Cc2ccc(C)o2)CC1. The number of ether oxygens (including phenoxy) is 1. The molecule has 2 rings (SSSR count). The van der Waals surface area contributed by atoms with Crippen molar-refractivity contribution in [2.75, 3.05) is 19.7 Å². The van der Waals surface area contributed by atoms with Gasteiger partial charge in [-0.3, -0.25) is 9.69 Å². The van der Waals surface area contributed by atoms with Gasteiger partial charge in [0, 0.05) is 0 Å². The number of hydrogen-bond acceptors (Lipinski definition) is 4. The molecule has 1 aromatic rings. The second-order valence-electron chi connectivity index (χ2n) is 4.81. The van der Waals surface area contributed by atoms with E-state index in [2.05, 4.69) is 4.90 Å². The third kappa shape index (κ3) is 3.35. The van der Waals surface area contributed by atoms with E-state index in [1.54, 1.807) is 0 Å². The molecule has 0 amide bonds. The minimum absolute atomic E-state index is 0.0361. The average Bonchev–Trinajstić information content (AvgIpc) is 2.76. The molecule has 0 bridgehead atoms. The molecular weight excluding hydrogens is 230 g/mol. The molecule has 1 aromatic heterocycles. The van der Waals surface area contributed by atoms with E-state index in [0.717, 1.165) is 44.0 Å². The maximum absolute atomic E-state index is 11.6. The molecule has 0 saturated carbocycles. The number of carbonyl (C=O) groups excluding carboxylic acids is 1. The lowest BCUT2D eigenvalue weighted by atomic mass is 9.97. The summed E-state index contributed by atoms with van der Waals surface area (Å²) in [7, 11) is 0. The summed E-state index contributed by atoms with van der Waals surface area (Å²) in [6.07, 6.45) is 1.77. The number of esters is 1. The van der Waals surface area contributed by atoms with Crippen LogP contribution in [-0.2, 0) is 16.1 Å². The van der Waals surface area contributed by atoms with Crippen molar-refractivity contribution in [2.45, 2.75) is 33.2 Å². The molecule has 0 atom stereocenters. The first-order valence-electron chi connectivity index (χ1n) is 6.63. The van der Waals surface area contributed by atoms with Crippen molar-refractivity contribution in [3.05, 3.63) is 23.7 Å². The van der Waals surface area contributed by atoms with Crippen molar-refractivity contribution < 1.29 is 13.9 Å². The molecule has 4 heteroatoms. The summed E-state index contributed by atoms with van der Waals surface area (Å²) in [6.45, 7) is 6.99. The topological polar surface area (TPSA) is 42.7 Å². The van der Waals surface area contributed by atoms with E-state index in [9.17, 15) is 4.79 Å². The third-order valence-corrected chi connectivity index (χ3v) is 3.38. The highest BCUT2D eigenvalue weighted by Gasteiger charge is 2.26. The Morgan fingerprint density at radius 3 is 2.72 bits per heavy atom. The molecule has 18 heavy (non-hydrogen) atoms. The summed E-state index contributed by atoms with van der Waals surface area (Å²) >= 11 is 0. The molecule has 0 N–H and O–H groups in total. The van der Waals surface area contributed by atoms with Gasteiger partial charge in [0.1, 0.15) is 11.5 Å². The number of furan rings is 1. The lowest BCUT2D eigenvalue weighted by Crippen LogP contribution is -2.36. The van der Waals surface area contributed by atoms with Crippen LogP contribution in [0.3, 0.4) is 0 Å². The fourth-order valence-electron chi connectivity index (χ4n) is 2.38. The van der Waals surface area contributed by atoms with Crippen LogP contribution in [-0.4, -0.2) is 30.6 Å². The molecule has 4 nitrogen and oxygen atoms in total. The number of piperidine rings is 1. The molecular formula is C14H21NO3. The summed E-state index contributed by atoms with van der Waals surface area (Å²) in [6, 6.07) is 4.01. The van der Waals surface area contributed by atoms with Crippen molar-refractivity contribution in [3.8, 4) is 0 Å². The molecule has 1 aliphatic heterocycles. The van der Waals surface area contributed by atoms with Gasteiger partial charge in [0.25, 0.3) is 0 Å². The van der Waals surface area contributed by atoms with E-state index >= 15 is 0 Å². The van der Waals surface area contributed by atoms with Crippen molar-refractivity contribution >= 4 is 5.97 Å². The smallest absolute Gasteiger partial charge is 0.309 e. The first kappa shape index (κ1) is 13.1. The molecule has 1 fully saturated rings. The van der Waals surface area contributed by atoms with Gasteiger partial charge in [-0.05, 0) is 51.9 Å². The summed E-state index contributed by atoms with van der Waals surface area (Å²) in [5, 5.41) is 0. The van der Waals surface area contributed by atoms with Gasteiger partial charge in [-0.25, -0.2) is 0 Å². The molecule has 2 heterocycles. The van der Waals surface area contributed by atoms with Gasteiger partial charge < -0.3 is 9.15 Å².